The molecule has 1 saturated heterocycles. The summed E-state index contributed by atoms with van der Waals surface area (Å²) in [6, 6.07) is 19.7. The summed E-state index contributed by atoms with van der Waals surface area (Å²) in [5.74, 6) is 1.49. The predicted molar refractivity (Wildman–Crippen MR) is 114 cm³/mol. The van der Waals surface area contributed by atoms with Crippen molar-refractivity contribution >= 4 is 6.21 Å². The summed E-state index contributed by atoms with van der Waals surface area (Å²) in [7, 11) is 3.94. The Morgan fingerprint density at radius 1 is 1.11 bits per heavy atom. The second kappa shape index (κ2) is 8.71. The van der Waals surface area contributed by atoms with E-state index in [0.717, 1.165) is 30.8 Å². The monoisotopic (exact) mass is 364 g/mol. The van der Waals surface area contributed by atoms with Gasteiger partial charge in [-0.15, -0.1) is 0 Å². The zero-order valence-electron chi connectivity index (χ0n) is 17.1. The van der Waals surface area contributed by atoms with Gasteiger partial charge in [0.25, 0.3) is 0 Å². The number of benzene rings is 2. The highest BCUT2D eigenvalue weighted by molar-refractivity contribution is 5.79. The van der Waals surface area contributed by atoms with Crippen LogP contribution in [0.3, 0.4) is 0 Å². The first kappa shape index (κ1) is 19.6. The van der Waals surface area contributed by atoms with Gasteiger partial charge in [-0.1, -0.05) is 37.3 Å². The van der Waals surface area contributed by atoms with Crippen LogP contribution in [0.25, 0.3) is 0 Å². The summed E-state index contributed by atoms with van der Waals surface area (Å²) in [5, 5.41) is 0. The van der Waals surface area contributed by atoms with Gasteiger partial charge in [0, 0.05) is 30.8 Å². The van der Waals surface area contributed by atoms with Gasteiger partial charge in [-0.05, 0) is 68.1 Å². The Hall–Kier alpha value is -2.13. The molecular weight excluding hydrogens is 332 g/mol. The molecule has 0 unspecified atom stereocenters. The number of piperidine rings is 1. The Bertz CT molecular complexity index is 741. The minimum atomic E-state index is 0.199. The van der Waals surface area contributed by atoms with E-state index in [2.05, 4.69) is 68.3 Å². The molecule has 2 aromatic carbocycles. The highest BCUT2D eigenvalue weighted by Crippen LogP contribution is 2.44. The Kier molecular flexibility index (Phi) is 6.33. The first-order valence-electron chi connectivity index (χ1n) is 9.95. The van der Waals surface area contributed by atoms with Gasteiger partial charge in [0.2, 0.25) is 0 Å². The minimum Gasteiger partial charge on any atom is -0.497 e. The van der Waals surface area contributed by atoms with Crippen LogP contribution in [-0.4, -0.2) is 44.4 Å². The van der Waals surface area contributed by atoms with E-state index in [1.165, 1.54) is 12.0 Å². The number of hydrogen-bond acceptors (Lipinski definition) is 3. The third-order valence-electron chi connectivity index (χ3n) is 6.31. The summed E-state index contributed by atoms with van der Waals surface area (Å²) in [5.41, 5.74) is 2.79. The molecule has 0 N–H and O–H groups in total. The Labute approximate surface area is 164 Å². The van der Waals surface area contributed by atoms with Crippen LogP contribution in [0.4, 0.5) is 0 Å². The van der Waals surface area contributed by atoms with Crippen molar-refractivity contribution in [1.29, 1.82) is 0 Å². The van der Waals surface area contributed by atoms with Gasteiger partial charge in [0.1, 0.15) is 5.75 Å². The van der Waals surface area contributed by atoms with Crippen molar-refractivity contribution in [2.45, 2.75) is 38.1 Å². The van der Waals surface area contributed by atoms with Crippen molar-refractivity contribution in [3.63, 3.8) is 0 Å². The zero-order chi connectivity index (χ0) is 19.3. The van der Waals surface area contributed by atoms with E-state index < -0.39 is 0 Å². The van der Waals surface area contributed by atoms with Crippen LogP contribution in [0.5, 0.6) is 5.75 Å². The second-order valence-corrected chi connectivity index (χ2v) is 7.97. The Morgan fingerprint density at radius 2 is 1.81 bits per heavy atom. The number of ether oxygens (including phenoxy) is 1. The molecule has 0 spiro atoms. The number of rotatable bonds is 6. The van der Waals surface area contributed by atoms with Crippen LogP contribution < -0.4 is 4.74 Å². The summed E-state index contributed by atoms with van der Waals surface area (Å²) in [6.45, 7) is 6.74. The van der Waals surface area contributed by atoms with Gasteiger partial charge in [0.15, 0.2) is 0 Å². The molecule has 1 heterocycles. The zero-order valence-corrected chi connectivity index (χ0v) is 17.1. The molecule has 3 rings (SSSR count). The third kappa shape index (κ3) is 4.41. The largest absolute Gasteiger partial charge is 0.497 e. The fourth-order valence-electron chi connectivity index (χ4n) is 4.46. The second-order valence-electron chi connectivity index (χ2n) is 7.97. The van der Waals surface area contributed by atoms with Crippen molar-refractivity contribution < 1.29 is 4.74 Å². The molecule has 0 radical (unpaired) electrons. The Morgan fingerprint density at radius 3 is 2.48 bits per heavy atom. The van der Waals surface area contributed by atoms with Gasteiger partial charge in [0.05, 0.1) is 7.11 Å². The lowest BCUT2D eigenvalue weighted by Crippen LogP contribution is -2.51. The predicted octanol–water partition coefficient (Wildman–Crippen LogP) is 4.80. The van der Waals surface area contributed by atoms with Crippen LogP contribution in [0.15, 0.2) is 59.6 Å². The lowest BCUT2D eigenvalue weighted by Gasteiger charge is -2.49. The lowest BCUT2D eigenvalue weighted by atomic mass is 9.63. The molecule has 144 valence electrons. The fourth-order valence-corrected chi connectivity index (χ4v) is 4.46. The van der Waals surface area contributed by atoms with Crippen molar-refractivity contribution in [3.8, 4) is 5.75 Å². The van der Waals surface area contributed by atoms with Crippen molar-refractivity contribution in [3.05, 3.63) is 65.7 Å². The van der Waals surface area contributed by atoms with Crippen molar-refractivity contribution in [1.82, 2.24) is 4.90 Å². The number of methoxy groups -OCH3 is 1. The molecule has 3 nitrogen and oxygen atoms in total. The van der Waals surface area contributed by atoms with Crippen molar-refractivity contribution in [2.24, 2.45) is 10.9 Å². The summed E-state index contributed by atoms with van der Waals surface area (Å²) in [4.78, 5) is 7.25. The molecule has 0 saturated carbocycles. The van der Waals surface area contributed by atoms with Crippen LogP contribution in [0.2, 0.25) is 0 Å². The molecule has 0 amide bonds. The lowest BCUT2D eigenvalue weighted by molar-refractivity contribution is 0.0705. The number of nitrogens with zero attached hydrogens (tertiary/aromatic N) is 2. The van der Waals surface area contributed by atoms with E-state index >= 15 is 0 Å². The average Bonchev–Trinajstić information content (AvgIpc) is 2.70. The van der Waals surface area contributed by atoms with Crippen LogP contribution >= 0.6 is 0 Å². The molecule has 1 aliphatic rings. The fraction of sp³-hybridized carbons (Fsp3) is 0.458. The molecule has 27 heavy (non-hydrogen) atoms. The van der Waals surface area contributed by atoms with E-state index in [1.807, 2.05) is 18.3 Å². The van der Waals surface area contributed by atoms with E-state index in [9.17, 15) is 0 Å². The van der Waals surface area contributed by atoms with Gasteiger partial charge >= 0.3 is 0 Å². The first-order chi connectivity index (χ1) is 13.0. The number of aliphatic imine (C=N–C) groups is 1. The van der Waals surface area contributed by atoms with Crippen LogP contribution in [0, 0.1) is 5.92 Å². The van der Waals surface area contributed by atoms with E-state index in [-0.39, 0.29) is 5.41 Å². The molecule has 1 fully saturated rings. The van der Waals surface area contributed by atoms with Gasteiger partial charge in [-0.3, -0.25) is 4.99 Å². The quantitative estimate of drug-likeness (QED) is 0.688. The maximum atomic E-state index is 5.22. The Balaban J connectivity index is 1.75. The maximum absolute atomic E-state index is 5.22. The highest BCUT2D eigenvalue weighted by Gasteiger charge is 2.43. The molecular formula is C24H32N2O. The SMILES string of the molecule is COc1ccc(C=NCC[C@]2(c3ccccc3)C[C@@H](C)N(C)C[C@H]2C)cc1. The van der Waals surface area contributed by atoms with Crippen molar-refractivity contribution in [2.75, 3.05) is 27.2 Å². The summed E-state index contributed by atoms with van der Waals surface area (Å²) in [6.07, 6.45) is 4.26. The molecule has 3 atom stereocenters. The topological polar surface area (TPSA) is 24.8 Å². The van der Waals surface area contributed by atoms with E-state index in [4.69, 9.17) is 9.73 Å². The van der Waals surface area contributed by atoms with Gasteiger partial charge in [-0.25, -0.2) is 0 Å². The molecule has 1 aliphatic heterocycles. The normalized spacial score (nSPS) is 26.4. The third-order valence-corrected chi connectivity index (χ3v) is 6.31. The number of likely N-dealkylation sites (tertiary alicyclic amines) is 1. The van der Waals surface area contributed by atoms with Crippen LogP contribution in [0.1, 0.15) is 37.8 Å². The molecule has 0 bridgehead atoms. The number of hydrogen-bond donors (Lipinski definition) is 0. The highest BCUT2D eigenvalue weighted by atomic mass is 16.5. The smallest absolute Gasteiger partial charge is 0.118 e. The molecule has 0 aliphatic carbocycles. The summed E-state index contributed by atoms with van der Waals surface area (Å²) >= 11 is 0. The van der Waals surface area contributed by atoms with Gasteiger partial charge < -0.3 is 9.64 Å². The maximum Gasteiger partial charge on any atom is 0.118 e. The standard InChI is InChI=1S/C24H32N2O/c1-19-18-26(3)20(2)16-24(19,22-8-6-5-7-9-22)14-15-25-17-21-10-12-23(27-4)13-11-21/h5-13,17,19-20H,14-16,18H2,1-4H3/t19-,20-,24+/m1/s1. The van der Waals surface area contributed by atoms with E-state index in [0.29, 0.717) is 12.0 Å². The molecule has 0 aromatic heterocycles. The van der Waals surface area contributed by atoms with E-state index in [1.54, 1.807) is 7.11 Å². The molecule has 2 aromatic rings. The summed E-state index contributed by atoms with van der Waals surface area (Å²) < 4.78 is 5.22. The average molecular weight is 365 g/mol. The van der Waals surface area contributed by atoms with Gasteiger partial charge in [-0.2, -0.15) is 0 Å². The van der Waals surface area contributed by atoms with Crippen LogP contribution in [-0.2, 0) is 5.41 Å². The minimum absolute atomic E-state index is 0.199. The first-order valence-corrected chi connectivity index (χ1v) is 9.95. The molecule has 3 heteroatoms.